The number of amides is 1. The predicted octanol–water partition coefficient (Wildman–Crippen LogP) is 2.52. The maximum Gasteiger partial charge on any atom is 0.241 e. The van der Waals surface area contributed by atoms with Gasteiger partial charge in [0.2, 0.25) is 5.91 Å². The molecule has 0 radical (unpaired) electrons. The van der Waals surface area contributed by atoms with Gasteiger partial charge in [0.1, 0.15) is 5.76 Å². The summed E-state index contributed by atoms with van der Waals surface area (Å²) in [6, 6.07) is 13.4. The van der Waals surface area contributed by atoms with Crippen LogP contribution in [0.25, 0.3) is 0 Å². The van der Waals surface area contributed by atoms with Gasteiger partial charge in [0.15, 0.2) is 0 Å². The van der Waals surface area contributed by atoms with E-state index >= 15 is 0 Å². The summed E-state index contributed by atoms with van der Waals surface area (Å²) in [4.78, 5) is 16.8. The van der Waals surface area contributed by atoms with E-state index in [-0.39, 0.29) is 18.4 Å². The number of aliphatic hydroxyl groups is 1. The highest BCUT2D eigenvalue weighted by molar-refractivity contribution is 5.94. The highest BCUT2D eigenvalue weighted by atomic mass is 16.3. The second-order valence-corrected chi connectivity index (χ2v) is 6.32. The van der Waals surface area contributed by atoms with E-state index in [1.165, 1.54) is 0 Å². The fourth-order valence-electron chi connectivity index (χ4n) is 3.21. The number of aliphatic hydroxyl groups excluding tert-OH is 1. The summed E-state index contributed by atoms with van der Waals surface area (Å²) in [6.07, 6.45) is 3.69. The summed E-state index contributed by atoms with van der Waals surface area (Å²) in [5.74, 6) is 1.09. The minimum absolute atomic E-state index is 0.0520. The Morgan fingerprint density at radius 3 is 2.79 bits per heavy atom. The Morgan fingerprint density at radius 1 is 1.25 bits per heavy atom. The molecular formula is C19H24N2O3. The average Bonchev–Trinajstić information content (AvgIpc) is 3.14. The molecule has 1 aromatic heterocycles. The molecule has 0 bridgehead atoms. The number of furan rings is 1. The van der Waals surface area contributed by atoms with Crippen molar-refractivity contribution in [3.05, 3.63) is 54.5 Å². The number of likely N-dealkylation sites (tertiary alicyclic amines) is 1. The molecule has 0 saturated carbocycles. The van der Waals surface area contributed by atoms with E-state index in [0.29, 0.717) is 13.1 Å². The van der Waals surface area contributed by atoms with E-state index in [1.54, 1.807) is 11.2 Å². The van der Waals surface area contributed by atoms with Crippen LogP contribution in [-0.4, -0.2) is 42.2 Å². The van der Waals surface area contributed by atoms with Crippen molar-refractivity contribution in [3.8, 4) is 0 Å². The quantitative estimate of drug-likeness (QED) is 0.885. The first-order valence-corrected chi connectivity index (χ1v) is 8.47. The van der Waals surface area contributed by atoms with E-state index in [1.807, 2.05) is 42.5 Å². The van der Waals surface area contributed by atoms with Gasteiger partial charge >= 0.3 is 0 Å². The van der Waals surface area contributed by atoms with Gasteiger partial charge in [-0.15, -0.1) is 0 Å². The first kappa shape index (κ1) is 16.7. The van der Waals surface area contributed by atoms with Crippen LogP contribution in [0.2, 0.25) is 0 Å². The third-order valence-electron chi connectivity index (χ3n) is 4.48. The van der Waals surface area contributed by atoms with E-state index in [9.17, 15) is 9.90 Å². The van der Waals surface area contributed by atoms with Crippen LogP contribution in [0.4, 0.5) is 5.69 Å². The Balaban J connectivity index is 1.71. The summed E-state index contributed by atoms with van der Waals surface area (Å²) in [5.41, 5.74) is 0.870. The fraction of sp³-hybridized carbons (Fsp3) is 0.421. The van der Waals surface area contributed by atoms with Gasteiger partial charge in [-0.25, -0.2) is 0 Å². The number of carbonyl (C=O) groups excluding carboxylic acids is 1. The Morgan fingerprint density at radius 2 is 2.08 bits per heavy atom. The zero-order valence-corrected chi connectivity index (χ0v) is 13.8. The lowest BCUT2D eigenvalue weighted by molar-refractivity contribution is -0.120. The van der Waals surface area contributed by atoms with Crippen LogP contribution in [0, 0.1) is 5.92 Å². The number of anilines is 1. The molecule has 2 heterocycles. The SMILES string of the molecule is O=C(CN1CCCC(CO)C1)N(Cc1ccco1)c1ccccc1. The molecule has 1 aliphatic heterocycles. The maximum absolute atomic E-state index is 12.9. The summed E-state index contributed by atoms with van der Waals surface area (Å²) in [7, 11) is 0. The molecule has 5 heteroatoms. The lowest BCUT2D eigenvalue weighted by Crippen LogP contribution is -2.44. The highest BCUT2D eigenvalue weighted by Crippen LogP contribution is 2.20. The van der Waals surface area contributed by atoms with E-state index in [4.69, 9.17) is 4.42 Å². The van der Waals surface area contributed by atoms with Crippen molar-refractivity contribution in [2.24, 2.45) is 5.92 Å². The molecular weight excluding hydrogens is 304 g/mol. The van der Waals surface area contributed by atoms with Gasteiger partial charge < -0.3 is 14.4 Å². The Bertz CT molecular complexity index is 627. The monoisotopic (exact) mass is 328 g/mol. The van der Waals surface area contributed by atoms with Crippen LogP contribution in [0.5, 0.6) is 0 Å². The van der Waals surface area contributed by atoms with Crippen molar-refractivity contribution in [1.82, 2.24) is 4.90 Å². The molecule has 2 aromatic rings. The predicted molar refractivity (Wildman–Crippen MR) is 92.6 cm³/mol. The molecule has 128 valence electrons. The molecule has 0 aliphatic carbocycles. The second-order valence-electron chi connectivity index (χ2n) is 6.32. The topological polar surface area (TPSA) is 56.9 Å². The van der Waals surface area contributed by atoms with Crippen molar-refractivity contribution in [2.75, 3.05) is 31.1 Å². The first-order chi connectivity index (χ1) is 11.8. The van der Waals surface area contributed by atoms with Crippen LogP contribution < -0.4 is 4.90 Å². The molecule has 1 saturated heterocycles. The minimum atomic E-state index is 0.0520. The lowest BCUT2D eigenvalue weighted by Gasteiger charge is -2.33. The maximum atomic E-state index is 12.9. The summed E-state index contributed by atoms with van der Waals surface area (Å²) >= 11 is 0. The lowest BCUT2D eigenvalue weighted by atomic mass is 9.99. The van der Waals surface area contributed by atoms with Crippen molar-refractivity contribution in [2.45, 2.75) is 19.4 Å². The average molecular weight is 328 g/mol. The number of carbonyl (C=O) groups is 1. The van der Waals surface area contributed by atoms with E-state index < -0.39 is 0 Å². The summed E-state index contributed by atoms with van der Waals surface area (Å²) < 4.78 is 5.42. The normalized spacial score (nSPS) is 18.5. The van der Waals surface area contributed by atoms with Gasteiger partial charge in [-0.1, -0.05) is 18.2 Å². The standard InChI is InChI=1S/C19H24N2O3/c22-15-16-6-4-10-20(12-16)14-19(23)21(13-18-9-5-11-24-18)17-7-2-1-3-8-17/h1-3,5,7-9,11,16,22H,4,6,10,12-15H2. The smallest absolute Gasteiger partial charge is 0.241 e. The van der Waals surface area contributed by atoms with Crippen molar-refractivity contribution < 1.29 is 14.3 Å². The van der Waals surface area contributed by atoms with E-state index in [0.717, 1.165) is 37.4 Å². The second kappa shape index (κ2) is 8.13. The van der Waals surface area contributed by atoms with Gasteiger partial charge in [-0.05, 0) is 49.6 Å². The molecule has 1 aromatic carbocycles. The summed E-state index contributed by atoms with van der Waals surface area (Å²) in [6.45, 7) is 2.68. The van der Waals surface area contributed by atoms with Crippen LogP contribution in [-0.2, 0) is 11.3 Å². The van der Waals surface area contributed by atoms with Crippen LogP contribution >= 0.6 is 0 Å². The zero-order valence-electron chi connectivity index (χ0n) is 13.8. The Hall–Kier alpha value is -2.11. The first-order valence-electron chi connectivity index (χ1n) is 8.47. The number of piperidine rings is 1. The number of benzene rings is 1. The van der Waals surface area contributed by atoms with Gasteiger partial charge in [0, 0.05) is 18.8 Å². The minimum Gasteiger partial charge on any atom is -0.467 e. The van der Waals surface area contributed by atoms with Crippen LogP contribution in [0.3, 0.4) is 0 Å². The fourth-order valence-corrected chi connectivity index (χ4v) is 3.21. The van der Waals surface area contributed by atoms with E-state index in [2.05, 4.69) is 4.90 Å². The van der Waals surface area contributed by atoms with Crippen molar-refractivity contribution in [1.29, 1.82) is 0 Å². The third kappa shape index (κ3) is 4.24. The van der Waals surface area contributed by atoms with Gasteiger partial charge in [-0.2, -0.15) is 0 Å². The molecule has 1 fully saturated rings. The highest BCUT2D eigenvalue weighted by Gasteiger charge is 2.24. The van der Waals surface area contributed by atoms with Crippen LogP contribution in [0.1, 0.15) is 18.6 Å². The molecule has 1 N–H and O–H groups in total. The molecule has 24 heavy (non-hydrogen) atoms. The molecule has 5 nitrogen and oxygen atoms in total. The molecule has 3 rings (SSSR count). The molecule has 1 amide bonds. The van der Waals surface area contributed by atoms with Crippen molar-refractivity contribution >= 4 is 11.6 Å². The number of para-hydroxylation sites is 1. The van der Waals surface area contributed by atoms with Crippen molar-refractivity contribution in [3.63, 3.8) is 0 Å². The van der Waals surface area contributed by atoms with Gasteiger partial charge in [-0.3, -0.25) is 9.69 Å². The Kier molecular flexibility index (Phi) is 5.67. The number of hydrogen-bond donors (Lipinski definition) is 1. The van der Waals surface area contributed by atoms with Gasteiger partial charge in [0.25, 0.3) is 0 Å². The molecule has 1 atom stereocenters. The zero-order chi connectivity index (χ0) is 16.8. The number of hydrogen-bond acceptors (Lipinski definition) is 4. The third-order valence-corrected chi connectivity index (χ3v) is 4.48. The van der Waals surface area contributed by atoms with Crippen LogP contribution in [0.15, 0.2) is 53.1 Å². The summed E-state index contributed by atoms with van der Waals surface area (Å²) in [5, 5.41) is 9.37. The number of nitrogens with zero attached hydrogens (tertiary/aromatic N) is 2. The molecule has 0 spiro atoms. The van der Waals surface area contributed by atoms with Gasteiger partial charge in [0.05, 0.1) is 19.4 Å². The number of rotatable bonds is 6. The largest absolute Gasteiger partial charge is 0.467 e. The molecule has 1 unspecified atom stereocenters. The molecule has 1 aliphatic rings. The Labute approximate surface area is 142 Å².